The van der Waals surface area contributed by atoms with Crippen molar-refractivity contribution in [3.63, 3.8) is 0 Å². The van der Waals surface area contributed by atoms with Gasteiger partial charge in [0.05, 0.1) is 0 Å². The van der Waals surface area contributed by atoms with E-state index in [1.165, 1.54) is 0 Å². The normalized spacial score (nSPS) is 11.7. The van der Waals surface area contributed by atoms with Gasteiger partial charge in [-0.2, -0.15) is 0 Å². The number of amidine groups is 1. The van der Waals surface area contributed by atoms with Crippen LogP contribution >= 0.6 is 0 Å². The van der Waals surface area contributed by atoms with E-state index in [4.69, 9.17) is 5.73 Å². The SMILES string of the molecule is C/C(N)=N\OC(=O)c1cc2ccccc2[nH]1. The summed E-state index contributed by atoms with van der Waals surface area (Å²) in [6.45, 7) is 1.54. The Labute approximate surface area is 91.9 Å². The number of rotatable bonds is 2. The maximum absolute atomic E-state index is 11.5. The maximum atomic E-state index is 11.5. The number of nitrogens with two attached hydrogens (primary N) is 1. The standard InChI is InChI=1S/C11H11N3O2/c1-7(12)14-16-11(15)10-6-8-4-2-3-5-9(8)13-10/h2-6,13H,1H3,(H2,12,14). The summed E-state index contributed by atoms with van der Waals surface area (Å²) in [5.41, 5.74) is 6.49. The number of nitrogens with zero attached hydrogens (tertiary/aromatic N) is 1. The molecule has 1 aromatic carbocycles. The van der Waals surface area contributed by atoms with Crippen LogP contribution in [-0.2, 0) is 4.84 Å². The monoisotopic (exact) mass is 217 g/mol. The Hall–Kier alpha value is -2.30. The molecule has 5 nitrogen and oxygen atoms in total. The Kier molecular flexibility index (Phi) is 2.59. The largest absolute Gasteiger partial charge is 0.385 e. The van der Waals surface area contributed by atoms with E-state index in [9.17, 15) is 4.79 Å². The third-order valence-corrected chi connectivity index (χ3v) is 2.02. The van der Waals surface area contributed by atoms with E-state index in [1.807, 2.05) is 24.3 Å². The van der Waals surface area contributed by atoms with Gasteiger partial charge in [0.25, 0.3) is 0 Å². The number of aromatic nitrogens is 1. The maximum Gasteiger partial charge on any atom is 0.381 e. The second-order valence-electron chi connectivity index (χ2n) is 3.38. The molecule has 1 heterocycles. The molecule has 0 atom stereocenters. The summed E-state index contributed by atoms with van der Waals surface area (Å²) in [4.78, 5) is 19.0. The first kappa shape index (κ1) is 10.2. The van der Waals surface area contributed by atoms with Gasteiger partial charge in [-0.25, -0.2) is 4.79 Å². The third kappa shape index (κ3) is 2.03. The molecule has 0 unspecified atom stereocenters. The molecule has 0 amide bonds. The van der Waals surface area contributed by atoms with Crippen LogP contribution in [0.2, 0.25) is 0 Å². The number of carbonyl (C=O) groups is 1. The zero-order chi connectivity index (χ0) is 11.5. The molecule has 2 rings (SSSR count). The van der Waals surface area contributed by atoms with E-state index in [2.05, 4.69) is 15.0 Å². The van der Waals surface area contributed by atoms with Gasteiger partial charge in [-0.15, -0.1) is 0 Å². The van der Waals surface area contributed by atoms with Gasteiger partial charge in [-0.3, -0.25) is 0 Å². The van der Waals surface area contributed by atoms with Crippen molar-refractivity contribution in [3.05, 3.63) is 36.0 Å². The second kappa shape index (κ2) is 4.06. The lowest BCUT2D eigenvalue weighted by molar-refractivity contribution is 0.0509. The summed E-state index contributed by atoms with van der Waals surface area (Å²) < 4.78 is 0. The number of para-hydroxylation sites is 1. The van der Waals surface area contributed by atoms with Crippen LogP contribution in [0.4, 0.5) is 0 Å². The zero-order valence-electron chi connectivity index (χ0n) is 8.73. The van der Waals surface area contributed by atoms with Crippen molar-refractivity contribution in [2.75, 3.05) is 0 Å². The quantitative estimate of drug-likeness (QED) is 0.347. The number of aromatic amines is 1. The zero-order valence-corrected chi connectivity index (χ0v) is 8.73. The predicted molar refractivity (Wildman–Crippen MR) is 61.0 cm³/mol. The van der Waals surface area contributed by atoms with Crippen molar-refractivity contribution < 1.29 is 9.63 Å². The number of carbonyl (C=O) groups excluding carboxylic acids is 1. The van der Waals surface area contributed by atoms with E-state index in [0.29, 0.717) is 5.69 Å². The summed E-state index contributed by atoms with van der Waals surface area (Å²) in [5.74, 6) is -0.356. The number of H-pyrrole nitrogens is 1. The number of oxime groups is 1. The fraction of sp³-hybridized carbons (Fsp3) is 0.0909. The smallest absolute Gasteiger partial charge is 0.381 e. The first-order valence-corrected chi connectivity index (χ1v) is 4.76. The predicted octanol–water partition coefficient (Wildman–Crippen LogP) is 1.62. The average molecular weight is 217 g/mol. The molecular formula is C11H11N3O2. The molecule has 0 bridgehead atoms. The number of benzene rings is 1. The highest BCUT2D eigenvalue weighted by atomic mass is 16.7. The summed E-state index contributed by atoms with van der Waals surface area (Å²) in [6, 6.07) is 9.27. The number of fused-ring (bicyclic) bond motifs is 1. The molecule has 3 N–H and O–H groups in total. The van der Waals surface area contributed by atoms with Gasteiger partial charge in [0.2, 0.25) is 0 Å². The Morgan fingerprint density at radius 2 is 2.19 bits per heavy atom. The minimum Gasteiger partial charge on any atom is -0.385 e. The van der Waals surface area contributed by atoms with Gasteiger partial charge in [0, 0.05) is 10.9 Å². The van der Waals surface area contributed by atoms with Crippen molar-refractivity contribution in [1.82, 2.24) is 4.98 Å². The Morgan fingerprint density at radius 1 is 1.44 bits per heavy atom. The number of nitrogens with one attached hydrogen (secondary N) is 1. The van der Waals surface area contributed by atoms with Crippen LogP contribution in [0, 0.1) is 0 Å². The van der Waals surface area contributed by atoms with Crippen LogP contribution in [0.25, 0.3) is 10.9 Å². The molecule has 0 saturated carbocycles. The molecule has 82 valence electrons. The highest BCUT2D eigenvalue weighted by Gasteiger charge is 2.10. The molecule has 0 saturated heterocycles. The average Bonchev–Trinajstić information content (AvgIpc) is 2.69. The molecule has 16 heavy (non-hydrogen) atoms. The van der Waals surface area contributed by atoms with Gasteiger partial charge in [-0.05, 0) is 19.1 Å². The van der Waals surface area contributed by atoms with Crippen molar-refractivity contribution >= 4 is 22.7 Å². The molecular weight excluding hydrogens is 206 g/mol. The fourth-order valence-electron chi connectivity index (χ4n) is 1.35. The molecule has 0 fully saturated rings. The van der Waals surface area contributed by atoms with Crippen LogP contribution in [0.1, 0.15) is 17.4 Å². The summed E-state index contributed by atoms with van der Waals surface area (Å²) in [6.07, 6.45) is 0. The Morgan fingerprint density at radius 3 is 2.88 bits per heavy atom. The van der Waals surface area contributed by atoms with Crippen LogP contribution in [0.3, 0.4) is 0 Å². The topological polar surface area (TPSA) is 80.5 Å². The van der Waals surface area contributed by atoms with Crippen molar-refractivity contribution in [2.24, 2.45) is 10.9 Å². The first-order chi connectivity index (χ1) is 7.66. The van der Waals surface area contributed by atoms with Crippen molar-refractivity contribution in [3.8, 4) is 0 Å². The van der Waals surface area contributed by atoms with E-state index in [-0.39, 0.29) is 5.84 Å². The number of hydrogen-bond acceptors (Lipinski definition) is 3. The van der Waals surface area contributed by atoms with Crippen LogP contribution in [-0.4, -0.2) is 16.8 Å². The van der Waals surface area contributed by atoms with Crippen molar-refractivity contribution in [2.45, 2.75) is 6.92 Å². The van der Waals surface area contributed by atoms with E-state index < -0.39 is 5.97 Å². The molecule has 0 radical (unpaired) electrons. The highest BCUT2D eigenvalue weighted by molar-refractivity contribution is 5.95. The van der Waals surface area contributed by atoms with Crippen LogP contribution < -0.4 is 5.73 Å². The van der Waals surface area contributed by atoms with E-state index >= 15 is 0 Å². The summed E-state index contributed by atoms with van der Waals surface area (Å²) in [5, 5.41) is 4.34. The van der Waals surface area contributed by atoms with Gasteiger partial charge in [-0.1, -0.05) is 23.4 Å². The summed E-state index contributed by atoms with van der Waals surface area (Å²) >= 11 is 0. The second-order valence-corrected chi connectivity index (χ2v) is 3.38. The molecule has 0 spiro atoms. The summed E-state index contributed by atoms with van der Waals surface area (Å²) in [7, 11) is 0. The minimum atomic E-state index is -0.555. The number of hydrogen-bond donors (Lipinski definition) is 2. The molecule has 0 aliphatic carbocycles. The lowest BCUT2D eigenvalue weighted by Crippen LogP contribution is -2.09. The third-order valence-electron chi connectivity index (χ3n) is 2.02. The van der Waals surface area contributed by atoms with E-state index in [1.54, 1.807) is 13.0 Å². The lowest BCUT2D eigenvalue weighted by Gasteiger charge is -1.94. The molecule has 1 aromatic heterocycles. The van der Waals surface area contributed by atoms with Gasteiger partial charge < -0.3 is 15.6 Å². The molecule has 5 heteroatoms. The molecule has 0 aliphatic rings. The van der Waals surface area contributed by atoms with Gasteiger partial charge in [0.1, 0.15) is 11.5 Å². The Balaban J connectivity index is 2.27. The minimum absolute atomic E-state index is 0.199. The van der Waals surface area contributed by atoms with Gasteiger partial charge >= 0.3 is 5.97 Å². The van der Waals surface area contributed by atoms with Crippen molar-refractivity contribution in [1.29, 1.82) is 0 Å². The van der Waals surface area contributed by atoms with Crippen LogP contribution in [0.15, 0.2) is 35.5 Å². The van der Waals surface area contributed by atoms with Crippen LogP contribution in [0.5, 0.6) is 0 Å². The highest BCUT2D eigenvalue weighted by Crippen LogP contribution is 2.15. The Bertz CT molecular complexity index is 520. The van der Waals surface area contributed by atoms with E-state index in [0.717, 1.165) is 10.9 Å². The molecule has 2 aromatic rings. The first-order valence-electron chi connectivity index (χ1n) is 4.76. The lowest BCUT2D eigenvalue weighted by atomic mass is 10.2. The van der Waals surface area contributed by atoms with Gasteiger partial charge in [0.15, 0.2) is 0 Å². The molecule has 0 aliphatic heterocycles. The fourth-order valence-corrected chi connectivity index (χ4v) is 1.35.